The van der Waals surface area contributed by atoms with Crippen molar-refractivity contribution in [2.75, 3.05) is 18.4 Å². The van der Waals surface area contributed by atoms with Crippen molar-refractivity contribution in [3.8, 4) is 0 Å². The van der Waals surface area contributed by atoms with Crippen LogP contribution in [-0.4, -0.2) is 24.0 Å². The Morgan fingerprint density at radius 3 is 3.06 bits per heavy atom. The number of carbonyl (C=O) groups excluding carboxylic acids is 1. The Balaban J connectivity index is 1.87. The first-order valence-electron chi connectivity index (χ1n) is 5.89. The largest absolute Gasteiger partial charge is 0.305 e. The van der Waals surface area contributed by atoms with Gasteiger partial charge in [0.1, 0.15) is 0 Å². The fraction of sp³-hybridized carbons (Fsp3) is 0.500. The fourth-order valence-electron chi connectivity index (χ4n) is 1.86. The highest BCUT2D eigenvalue weighted by Crippen LogP contribution is 2.29. The van der Waals surface area contributed by atoms with Gasteiger partial charge in [-0.25, -0.2) is 4.98 Å². The highest BCUT2D eigenvalue weighted by atomic mass is 32.1. The summed E-state index contributed by atoms with van der Waals surface area (Å²) in [6.45, 7) is 4.52. The quantitative estimate of drug-likeness (QED) is 0.619. The van der Waals surface area contributed by atoms with Gasteiger partial charge < -0.3 is 10.6 Å². The van der Waals surface area contributed by atoms with Crippen molar-refractivity contribution in [1.29, 1.82) is 0 Å². The predicted molar refractivity (Wildman–Crippen MR) is 70.5 cm³/mol. The molecule has 0 fully saturated rings. The predicted octanol–water partition coefficient (Wildman–Crippen LogP) is 1.74. The van der Waals surface area contributed by atoms with E-state index < -0.39 is 0 Å². The molecule has 5 heteroatoms. The van der Waals surface area contributed by atoms with Crippen LogP contribution >= 0.6 is 11.3 Å². The van der Waals surface area contributed by atoms with Gasteiger partial charge in [-0.2, -0.15) is 0 Å². The molecule has 1 aromatic rings. The van der Waals surface area contributed by atoms with Crippen molar-refractivity contribution in [1.82, 2.24) is 10.3 Å². The van der Waals surface area contributed by atoms with E-state index in [-0.39, 0.29) is 5.91 Å². The number of aryl methyl sites for hydroxylation is 2. The maximum Gasteiger partial charge on any atom is 0.240 e. The van der Waals surface area contributed by atoms with Crippen LogP contribution in [0.3, 0.4) is 0 Å². The van der Waals surface area contributed by atoms with E-state index in [1.54, 1.807) is 17.4 Å². The van der Waals surface area contributed by atoms with Crippen LogP contribution < -0.4 is 10.6 Å². The summed E-state index contributed by atoms with van der Waals surface area (Å²) in [5.74, 6) is -0.0436. The molecule has 1 amide bonds. The van der Waals surface area contributed by atoms with Gasteiger partial charge in [-0.3, -0.25) is 4.79 Å². The zero-order valence-corrected chi connectivity index (χ0v) is 10.6. The summed E-state index contributed by atoms with van der Waals surface area (Å²) < 4.78 is 0. The Morgan fingerprint density at radius 1 is 1.47 bits per heavy atom. The summed E-state index contributed by atoms with van der Waals surface area (Å²) in [4.78, 5) is 17.4. The molecule has 0 saturated heterocycles. The van der Waals surface area contributed by atoms with Crippen molar-refractivity contribution >= 4 is 22.4 Å². The summed E-state index contributed by atoms with van der Waals surface area (Å²) in [7, 11) is 0. The van der Waals surface area contributed by atoms with Gasteiger partial charge in [-0.15, -0.1) is 17.9 Å². The van der Waals surface area contributed by atoms with Gasteiger partial charge in [0.15, 0.2) is 5.13 Å². The molecule has 1 heterocycles. The summed E-state index contributed by atoms with van der Waals surface area (Å²) in [5, 5.41) is 6.53. The number of carbonyl (C=O) groups is 1. The number of thiazole rings is 1. The van der Waals surface area contributed by atoms with Crippen LogP contribution in [0.5, 0.6) is 0 Å². The molecule has 0 radical (unpaired) electrons. The molecule has 0 unspecified atom stereocenters. The Hall–Kier alpha value is -1.20. The lowest BCUT2D eigenvalue weighted by atomic mass is 10.0. The van der Waals surface area contributed by atoms with Gasteiger partial charge >= 0.3 is 0 Å². The molecule has 0 bridgehead atoms. The van der Waals surface area contributed by atoms with Gasteiger partial charge in [0, 0.05) is 11.4 Å². The van der Waals surface area contributed by atoms with E-state index in [0.717, 1.165) is 18.0 Å². The summed E-state index contributed by atoms with van der Waals surface area (Å²) in [6.07, 6.45) is 6.35. The second kappa shape index (κ2) is 5.93. The molecule has 0 atom stereocenters. The van der Waals surface area contributed by atoms with Crippen LogP contribution in [0.25, 0.3) is 0 Å². The minimum Gasteiger partial charge on any atom is -0.305 e. The second-order valence-electron chi connectivity index (χ2n) is 4.06. The number of hydrogen-bond donors (Lipinski definition) is 2. The smallest absolute Gasteiger partial charge is 0.240 e. The monoisotopic (exact) mass is 251 g/mol. The first-order valence-corrected chi connectivity index (χ1v) is 6.71. The first-order chi connectivity index (χ1) is 8.29. The molecule has 2 rings (SSSR count). The number of anilines is 1. The molecule has 2 N–H and O–H groups in total. The summed E-state index contributed by atoms with van der Waals surface area (Å²) in [6, 6.07) is 0. The van der Waals surface area contributed by atoms with E-state index in [1.165, 1.54) is 23.4 Å². The molecular formula is C12H17N3OS. The van der Waals surface area contributed by atoms with E-state index in [1.807, 2.05) is 0 Å². The molecule has 1 aliphatic rings. The van der Waals surface area contributed by atoms with E-state index in [9.17, 15) is 4.79 Å². The number of hydrogen-bond acceptors (Lipinski definition) is 4. The van der Waals surface area contributed by atoms with Crippen LogP contribution in [0.4, 0.5) is 5.13 Å². The van der Waals surface area contributed by atoms with Gasteiger partial charge in [-0.1, -0.05) is 6.08 Å². The van der Waals surface area contributed by atoms with E-state index >= 15 is 0 Å². The van der Waals surface area contributed by atoms with Crippen molar-refractivity contribution in [2.45, 2.75) is 25.7 Å². The molecule has 1 aromatic heterocycles. The fourth-order valence-corrected chi connectivity index (χ4v) is 2.92. The normalized spacial score (nSPS) is 14.1. The zero-order valence-electron chi connectivity index (χ0n) is 9.79. The van der Waals surface area contributed by atoms with Gasteiger partial charge in [0.2, 0.25) is 5.91 Å². The van der Waals surface area contributed by atoms with Crippen LogP contribution in [0.15, 0.2) is 12.7 Å². The molecule has 17 heavy (non-hydrogen) atoms. The number of fused-ring (bicyclic) bond motifs is 1. The molecule has 0 aromatic carbocycles. The first kappa shape index (κ1) is 12.3. The van der Waals surface area contributed by atoms with Crippen molar-refractivity contribution in [3.63, 3.8) is 0 Å². The third kappa shape index (κ3) is 3.38. The van der Waals surface area contributed by atoms with Gasteiger partial charge in [0.05, 0.1) is 12.2 Å². The summed E-state index contributed by atoms with van der Waals surface area (Å²) >= 11 is 1.61. The third-order valence-corrected chi connectivity index (χ3v) is 3.74. The minimum absolute atomic E-state index is 0.0436. The Kier molecular flexibility index (Phi) is 4.28. The summed E-state index contributed by atoms with van der Waals surface area (Å²) in [5.41, 5.74) is 1.18. The standard InChI is InChI=1S/C12H17N3OS/c1-2-7-13-8-11(16)15-12-14-9-5-3-4-6-10(9)17-12/h2,13H,1,3-8H2,(H,14,15,16). The van der Waals surface area contributed by atoms with E-state index in [4.69, 9.17) is 0 Å². The van der Waals surface area contributed by atoms with Crippen molar-refractivity contribution in [3.05, 3.63) is 23.2 Å². The van der Waals surface area contributed by atoms with Crippen LogP contribution in [0.1, 0.15) is 23.4 Å². The lowest BCUT2D eigenvalue weighted by molar-refractivity contribution is -0.115. The average molecular weight is 251 g/mol. The van der Waals surface area contributed by atoms with Crippen molar-refractivity contribution in [2.24, 2.45) is 0 Å². The van der Waals surface area contributed by atoms with Crippen LogP contribution in [0, 0.1) is 0 Å². The third-order valence-electron chi connectivity index (χ3n) is 2.67. The zero-order chi connectivity index (χ0) is 12.1. The van der Waals surface area contributed by atoms with E-state index in [0.29, 0.717) is 13.1 Å². The number of aromatic nitrogens is 1. The van der Waals surface area contributed by atoms with Crippen LogP contribution in [-0.2, 0) is 17.6 Å². The van der Waals surface area contributed by atoms with Gasteiger partial charge in [0.25, 0.3) is 0 Å². The molecule has 0 spiro atoms. The van der Waals surface area contributed by atoms with E-state index in [2.05, 4.69) is 22.2 Å². The highest BCUT2D eigenvalue weighted by molar-refractivity contribution is 7.15. The molecule has 1 aliphatic carbocycles. The molecule has 0 saturated carbocycles. The van der Waals surface area contributed by atoms with Crippen molar-refractivity contribution < 1.29 is 4.79 Å². The lowest BCUT2D eigenvalue weighted by Gasteiger charge is -2.06. The number of rotatable bonds is 5. The van der Waals surface area contributed by atoms with Crippen LogP contribution in [0.2, 0.25) is 0 Å². The number of amides is 1. The Labute approximate surface area is 105 Å². The molecule has 0 aliphatic heterocycles. The Morgan fingerprint density at radius 2 is 2.29 bits per heavy atom. The molecular weight excluding hydrogens is 234 g/mol. The maximum absolute atomic E-state index is 11.6. The second-order valence-corrected chi connectivity index (χ2v) is 5.15. The maximum atomic E-state index is 11.6. The topological polar surface area (TPSA) is 54.0 Å². The molecule has 4 nitrogen and oxygen atoms in total. The molecule has 92 valence electrons. The lowest BCUT2D eigenvalue weighted by Crippen LogP contribution is -2.28. The number of nitrogens with one attached hydrogen (secondary N) is 2. The SMILES string of the molecule is C=CCNCC(=O)Nc1nc2c(s1)CCCC2. The highest BCUT2D eigenvalue weighted by Gasteiger charge is 2.15. The minimum atomic E-state index is -0.0436. The number of nitrogens with zero attached hydrogens (tertiary/aromatic N) is 1. The van der Waals surface area contributed by atoms with Gasteiger partial charge in [-0.05, 0) is 25.7 Å². The Bertz CT molecular complexity index is 390. The average Bonchev–Trinajstić information content (AvgIpc) is 2.71.